The van der Waals surface area contributed by atoms with Gasteiger partial charge < -0.3 is 10.1 Å². The van der Waals surface area contributed by atoms with E-state index in [9.17, 15) is 22.4 Å². The topological polar surface area (TPSA) is 68.5 Å². The van der Waals surface area contributed by atoms with Crippen LogP contribution in [0.25, 0.3) is 5.52 Å². The van der Waals surface area contributed by atoms with Crippen molar-refractivity contribution in [2.75, 3.05) is 5.32 Å². The number of carbonyl (C=O) groups is 1. The second kappa shape index (κ2) is 6.62. The molecule has 2 heterocycles. The second-order valence-corrected chi connectivity index (χ2v) is 5.36. The van der Waals surface area contributed by atoms with Crippen LogP contribution < -0.4 is 10.1 Å². The van der Waals surface area contributed by atoms with Crippen LogP contribution in [0.2, 0.25) is 0 Å². The van der Waals surface area contributed by atoms with Crippen LogP contribution >= 0.6 is 0 Å². The number of ether oxygens (including phenoxy) is 1. The molecular formula is C16H12F4N4O2. The molecule has 3 rings (SSSR count). The van der Waals surface area contributed by atoms with E-state index in [0.29, 0.717) is 17.7 Å². The number of fused-ring (bicyclic) bond motifs is 1. The van der Waals surface area contributed by atoms with Gasteiger partial charge in [-0.15, -0.1) is 0 Å². The molecule has 0 saturated carbocycles. The monoisotopic (exact) mass is 368 g/mol. The first kappa shape index (κ1) is 17.6. The average Bonchev–Trinajstić information content (AvgIpc) is 3.01. The van der Waals surface area contributed by atoms with E-state index in [2.05, 4.69) is 15.4 Å². The molecule has 0 bridgehead atoms. The number of alkyl halides is 3. The quantitative estimate of drug-likeness (QED) is 0.554. The van der Waals surface area contributed by atoms with Crippen molar-refractivity contribution in [3.05, 3.63) is 53.4 Å². The van der Waals surface area contributed by atoms with E-state index < -0.39 is 17.7 Å². The van der Waals surface area contributed by atoms with Crippen molar-refractivity contribution in [1.82, 2.24) is 14.6 Å². The summed E-state index contributed by atoms with van der Waals surface area (Å²) in [6.07, 6.45) is -2.02. The van der Waals surface area contributed by atoms with Crippen molar-refractivity contribution in [3.8, 4) is 5.75 Å². The Bertz CT molecular complexity index is 969. The Morgan fingerprint density at radius 1 is 1.35 bits per heavy atom. The van der Waals surface area contributed by atoms with Crippen LogP contribution in [-0.4, -0.2) is 21.0 Å². The number of amides is 1. The number of nitrogens with zero attached hydrogens (tertiary/aromatic N) is 3. The van der Waals surface area contributed by atoms with Gasteiger partial charge in [0.05, 0.1) is 6.20 Å². The van der Waals surface area contributed by atoms with Gasteiger partial charge in [0.1, 0.15) is 30.0 Å². The van der Waals surface area contributed by atoms with E-state index in [1.165, 1.54) is 12.3 Å². The number of benzene rings is 1. The molecular weight excluding hydrogens is 356 g/mol. The molecule has 0 atom stereocenters. The smallest absolute Gasteiger partial charge is 0.435 e. The molecule has 2 aromatic heterocycles. The summed E-state index contributed by atoms with van der Waals surface area (Å²) >= 11 is 0. The maximum atomic E-state index is 14.0. The van der Waals surface area contributed by atoms with Gasteiger partial charge in [-0.3, -0.25) is 4.79 Å². The van der Waals surface area contributed by atoms with Crippen LogP contribution in [0.4, 0.5) is 23.2 Å². The highest BCUT2D eigenvalue weighted by atomic mass is 19.4. The van der Waals surface area contributed by atoms with Gasteiger partial charge >= 0.3 is 6.18 Å². The molecule has 3 aromatic rings. The molecule has 0 aliphatic heterocycles. The number of rotatable bonds is 5. The summed E-state index contributed by atoms with van der Waals surface area (Å²) in [4.78, 5) is 13.9. The zero-order chi connectivity index (χ0) is 18.9. The van der Waals surface area contributed by atoms with E-state index in [-0.39, 0.29) is 23.4 Å². The molecule has 0 aliphatic carbocycles. The van der Waals surface area contributed by atoms with Gasteiger partial charge in [0.2, 0.25) is 6.41 Å². The molecule has 1 aromatic carbocycles. The first-order valence-corrected chi connectivity index (χ1v) is 7.33. The molecule has 0 radical (unpaired) electrons. The Balaban J connectivity index is 1.89. The largest absolute Gasteiger partial charge is 0.487 e. The van der Waals surface area contributed by atoms with Gasteiger partial charge in [-0.1, -0.05) is 0 Å². The Morgan fingerprint density at radius 2 is 2.12 bits per heavy atom. The molecule has 0 aliphatic rings. The van der Waals surface area contributed by atoms with Crippen molar-refractivity contribution in [2.24, 2.45) is 0 Å². The van der Waals surface area contributed by atoms with E-state index in [1.807, 2.05) is 0 Å². The summed E-state index contributed by atoms with van der Waals surface area (Å²) in [6, 6.07) is 3.69. The van der Waals surface area contributed by atoms with E-state index in [0.717, 1.165) is 23.0 Å². The molecule has 1 amide bonds. The first-order chi connectivity index (χ1) is 12.3. The SMILES string of the molecule is Cc1c(NC=O)ccc(F)c1COc1cnn2cnc(C(F)(F)F)c2c1. The van der Waals surface area contributed by atoms with E-state index in [1.54, 1.807) is 6.92 Å². The van der Waals surface area contributed by atoms with Gasteiger partial charge in [0, 0.05) is 17.3 Å². The summed E-state index contributed by atoms with van der Waals surface area (Å²) in [7, 11) is 0. The van der Waals surface area contributed by atoms with Crippen molar-refractivity contribution < 1.29 is 27.1 Å². The summed E-state index contributed by atoms with van der Waals surface area (Å²) in [5, 5.41) is 6.23. The first-order valence-electron chi connectivity index (χ1n) is 7.33. The summed E-state index contributed by atoms with van der Waals surface area (Å²) in [5.41, 5.74) is -0.338. The fourth-order valence-corrected chi connectivity index (χ4v) is 2.44. The Morgan fingerprint density at radius 3 is 2.81 bits per heavy atom. The van der Waals surface area contributed by atoms with Crippen molar-refractivity contribution in [2.45, 2.75) is 19.7 Å². The Labute approximate surface area is 144 Å². The van der Waals surface area contributed by atoms with E-state index in [4.69, 9.17) is 4.74 Å². The van der Waals surface area contributed by atoms with Gasteiger partial charge in [0.15, 0.2) is 5.69 Å². The molecule has 6 nitrogen and oxygen atoms in total. The third-order valence-electron chi connectivity index (χ3n) is 3.78. The van der Waals surface area contributed by atoms with Crippen LogP contribution in [0.1, 0.15) is 16.8 Å². The summed E-state index contributed by atoms with van der Waals surface area (Å²) < 4.78 is 59.2. The number of halogens is 4. The molecule has 10 heteroatoms. The zero-order valence-electron chi connectivity index (χ0n) is 13.3. The lowest BCUT2D eigenvalue weighted by atomic mass is 10.1. The second-order valence-electron chi connectivity index (χ2n) is 5.36. The summed E-state index contributed by atoms with van der Waals surface area (Å²) in [5.74, 6) is -0.538. The van der Waals surface area contributed by atoms with Crippen molar-refractivity contribution in [3.63, 3.8) is 0 Å². The minimum atomic E-state index is -4.63. The predicted molar refractivity (Wildman–Crippen MR) is 83.1 cm³/mol. The van der Waals surface area contributed by atoms with Gasteiger partial charge in [0.25, 0.3) is 0 Å². The average molecular weight is 368 g/mol. The maximum Gasteiger partial charge on any atom is 0.435 e. The Hall–Kier alpha value is -3.17. The lowest BCUT2D eigenvalue weighted by Gasteiger charge is -2.13. The van der Waals surface area contributed by atoms with Crippen molar-refractivity contribution >= 4 is 17.6 Å². The van der Waals surface area contributed by atoms with Gasteiger partial charge in [-0.05, 0) is 24.6 Å². The molecule has 136 valence electrons. The van der Waals surface area contributed by atoms with E-state index >= 15 is 0 Å². The minimum absolute atomic E-state index is 0.0241. The molecule has 0 fully saturated rings. The lowest BCUT2D eigenvalue weighted by Crippen LogP contribution is -2.07. The highest BCUT2D eigenvalue weighted by Crippen LogP contribution is 2.32. The fraction of sp³-hybridized carbons (Fsp3) is 0.188. The molecule has 0 saturated heterocycles. The van der Waals surface area contributed by atoms with Crippen LogP contribution in [0, 0.1) is 12.7 Å². The number of hydrogen-bond donors (Lipinski definition) is 1. The number of nitrogens with one attached hydrogen (secondary N) is 1. The van der Waals surface area contributed by atoms with Crippen LogP contribution in [0.5, 0.6) is 5.75 Å². The zero-order valence-corrected chi connectivity index (χ0v) is 13.3. The maximum absolute atomic E-state index is 14.0. The third-order valence-corrected chi connectivity index (χ3v) is 3.78. The number of anilines is 1. The standard InChI is InChI=1S/C16H12F4N4O2/c1-9-11(12(17)2-3-13(9)22-8-25)6-26-10-4-14-15(16(18,19)20)21-7-24(14)23-5-10/h2-5,7-8H,6H2,1H3,(H,22,25). The molecule has 0 spiro atoms. The van der Waals surface area contributed by atoms with Gasteiger partial charge in [-0.25, -0.2) is 13.9 Å². The number of carbonyl (C=O) groups excluding carboxylic acids is 1. The highest BCUT2D eigenvalue weighted by molar-refractivity contribution is 5.74. The van der Waals surface area contributed by atoms with Gasteiger partial charge in [-0.2, -0.15) is 18.3 Å². The lowest BCUT2D eigenvalue weighted by molar-refractivity contribution is -0.139. The van der Waals surface area contributed by atoms with Crippen LogP contribution in [-0.2, 0) is 17.6 Å². The number of hydrogen-bond acceptors (Lipinski definition) is 4. The van der Waals surface area contributed by atoms with Crippen LogP contribution in [0.15, 0.2) is 30.7 Å². The highest BCUT2D eigenvalue weighted by Gasteiger charge is 2.36. The van der Waals surface area contributed by atoms with Crippen molar-refractivity contribution in [1.29, 1.82) is 0 Å². The molecule has 1 N–H and O–H groups in total. The molecule has 0 unspecified atom stereocenters. The minimum Gasteiger partial charge on any atom is -0.487 e. The third kappa shape index (κ3) is 3.30. The van der Waals surface area contributed by atoms with Crippen LogP contribution in [0.3, 0.4) is 0 Å². The summed E-state index contributed by atoms with van der Waals surface area (Å²) in [6.45, 7) is 1.34. The Kier molecular flexibility index (Phi) is 4.49. The normalized spacial score (nSPS) is 11.6. The predicted octanol–water partition coefficient (Wildman–Crippen LogP) is 3.34. The number of imidazole rings is 1. The fourth-order valence-electron chi connectivity index (χ4n) is 2.44. The molecule has 26 heavy (non-hydrogen) atoms. The number of aromatic nitrogens is 3.